The summed E-state index contributed by atoms with van der Waals surface area (Å²) in [4.78, 5) is 0. The Kier molecular flexibility index (Phi) is 4.77. The van der Waals surface area contributed by atoms with Crippen LogP contribution in [0.3, 0.4) is 0 Å². The van der Waals surface area contributed by atoms with Crippen LogP contribution >= 0.6 is 0 Å². The largest absolute Gasteiger partial charge is 0.522 e. The van der Waals surface area contributed by atoms with Gasteiger partial charge >= 0.3 is 6.36 Å². The van der Waals surface area contributed by atoms with E-state index in [2.05, 4.69) is 4.74 Å². The molecule has 96 valence electrons. The maximum atomic E-state index is 11.6. The van der Waals surface area contributed by atoms with Crippen molar-refractivity contribution in [2.75, 3.05) is 13.2 Å². The molecule has 1 N–H and O–H groups in total. The molecule has 0 saturated heterocycles. The monoisotopic (exact) mass is 250 g/mol. The molecule has 1 aromatic carbocycles. The molecule has 0 aliphatic heterocycles. The lowest BCUT2D eigenvalue weighted by Crippen LogP contribution is -2.18. The normalized spacial score (nSPS) is 13.5. The zero-order valence-corrected chi connectivity index (χ0v) is 9.20. The van der Waals surface area contributed by atoms with Gasteiger partial charge in [-0.15, -0.1) is 13.2 Å². The number of hydrogen-bond donors (Lipinski definition) is 1. The van der Waals surface area contributed by atoms with E-state index in [0.717, 1.165) is 0 Å². The molecule has 17 heavy (non-hydrogen) atoms. The highest BCUT2D eigenvalue weighted by Crippen LogP contribution is 2.19. The van der Waals surface area contributed by atoms with E-state index >= 15 is 0 Å². The molecule has 0 fully saturated rings. The van der Waals surface area contributed by atoms with Crippen LogP contribution in [0.5, 0.6) is 5.75 Å². The molecule has 0 unspecified atom stereocenters. The van der Waals surface area contributed by atoms with Crippen molar-refractivity contribution >= 4 is 0 Å². The van der Waals surface area contributed by atoms with Gasteiger partial charge in [0.15, 0.2) is 0 Å². The van der Waals surface area contributed by atoms with E-state index in [4.69, 9.17) is 4.74 Å². The van der Waals surface area contributed by atoms with Gasteiger partial charge in [-0.25, -0.2) is 0 Å². The third-order valence-corrected chi connectivity index (χ3v) is 1.96. The summed E-state index contributed by atoms with van der Waals surface area (Å²) in [6, 6.07) is 6.52. The molecule has 1 rings (SSSR count). The third-order valence-electron chi connectivity index (χ3n) is 1.96. The first-order chi connectivity index (χ1) is 7.88. The summed E-state index contributed by atoms with van der Waals surface area (Å²) >= 11 is 0. The van der Waals surface area contributed by atoms with Gasteiger partial charge in [-0.2, -0.15) is 0 Å². The van der Waals surface area contributed by atoms with Gasteiger partial charge in [0, 0.05) is 0 Å². The van der Waals surface area contributed by atoms with Crippen molar-refractivity contribution < 1.29 is 27.8 Å². The Labute approximate surface area is 96.8 Å². The van der Waals surface area contributed by atoms with E-state index in [1.165, 1.54) is 0 Å². The van der Waals surface area contributed by atoms with Crippen LogP contribution in [0.1, 0.15) is 18.6 Å². The van der Waals surface area contributed by atoms with E-state index in [1.807, 2.05) is 0 Å². The number of aliphatic hydroxyl groups excluding tert-OH is 1. The zero-order chi connectivity index (χ0) is 12.9. The molecule has 0 aromatic heterocycles. The van der Waals surface area contributed by atoms with Gasteiger partial charge < -0.3 is 9.84 Å². The molecule has 0 heterocycles. The standard InChI is InChI=1S/C11H13F3O3/c1-8(15)9-3-2-4-10(7-9)16-5-6-17-11(12,13)14/h2-4,7-8,15H,5-6H2,1H3/t8-/m1/s1. The van der Waals surface area contributed by atoms with Crippen molar-refractivity contribution in [3.05, 3.63) is 29.8 Å². The zero-order valence-electron chi connectivity index (χ0n) is 9.20. The fourth-order valence-electron chi connectivity index (χ4n) is 1.18. The Balaban J connectivity index is 2.39. The van der Waals surface area contributed by atoms with Gasteiger partial charge in [0.25, 0.3) is 0 Å². The highest BCUT2D eigenvalue weighted by atomic mass is 19.4. The van der Waals surface area contributed by atoms with Crippen molar-refractivity contribution in [1.82, 2.24) is 0 Å². The first-order valence-corrected chi connectivity index (χ1v) is 5.00. The van der Waals surface area contributed by atoms with Crippen molar-refractivity contribution in [2.24, 2.45) is 0 Å². The lowest BCUT2D eigenvalue weighted by atomic mass is 10.1. The maximum absolute atomic E-state index is 11.6. The van der Waals surface area contributed by atoms with Crippen LogP contribution in [-0.2, 0) is 4.74 Å². The van der Waals surface area contributed by atoms with E-state index < -0.39 is 19.1 Å². The Morgan fingerprint density at radius 3 is 2.59 bits per heavy atom. The van der Waals surface area contributed by atoms with Gasteiger partial charge in [0.2, 0.25) is 0 Å². The predicted molar refractivity (Wildman–Crippen MR) is 54.6 cm³/mol. The fraction of sp³-hybridized carbons (Fsp3) is 0.455. The molecule has 0 radical (unpaired) electrons. The molecule has 6 heteroatoms. The molecule has 1 aromatic rings. The minimum absolute atomic E-state index is 0.206. The summed E-state index contributed by atoms with van der Waals surface area (Å²) in [5, 5.41) is 9.30. The van der Waals surface area contributed by atoms with Crippen molar-refractivity contribution in [3.63, 3.8) is 0 Å². The van der Waals surface area contributed by atoms with Crippen LogP contribution in [-0.4, -0.2) is 24.7 Å². The van der Waals surface area contributed by atoms with Gasteiger partial charge in [0.05, 0.1) is 12.7 Å². The van der Waals surface area contributed by atoms with Gasteiger partial charge in [-0.1, -0.05) is 12.1 Å². The van der Waals surface area contributed by atoms with Gasteiger partial charge in [-0.05, 0) is 24.6 Å². The van der Waals surface area contributed by atoms with E-state index in [0.29, 0.717) is 11.3 Å². The Bertz CT molecular complexity index is 350. The van der Waals surface area contributed by atoms with Crippen molar-refractivity contribution in [3.8, 4) is 5.75 Å². The van der Waals surface area contributed by atoms with Crippen LogP contribution in [0.25, 0.3) is 0 Å². The second-order valence-electron chi connectivity index (χ2n) is 3.39. The molecule has 3 nitrogen and oxygen atoms in total. The van der Waals surface area contributed by atoms with Crippen LogP contribution in [0.15, 0.2) is 24.3 Å². The minimum atomic E-state index is -4.63. The molecule has 0 aliphatic rings. The minimum Gasteiger partial charge on any atom is -0.491 e. The molecule has 0 bridgehead atoms. The number of halogens is 3. The first kappa shape index (κ1) is 13.8. The number of rotatable bonds is 5. The summed E-state index contributed by atoms with van der Waals surface area (Å²) in [5.41, 5.74) is 0.638. The van der Waals surface area contributed by atoms with Crippen molar-refractivity contribution in [2.45, 2.75) is 19.4 Å². The molecule has 1 atom stereocenters. The SMILES string of the molecule is C[C@@H](O)c1cccc(OCCOC(F)(F)F)c1. The second kappa shape index (κ2) is 5.88. The molecular weight excluding hydrogens is 237 g/mol. The second-order valence-corrected chi connectivity index (χ2v) is 3.39. The summed E-state index contributed by atoms with van der Waals surface area (Å²) in [6.07, 6.45) is -5.28. The quantitative estimate of drug-likeness (QED) is 0.816. The average molecular weight is 250 g/mol. The summed E-state index contributed by atoms with van der Waals surface area (Å²) in [7, 11) is 0. The van der Waals surface area contributed by atoms with Gasteiger partial charge in [0.1, 0.15) is 12.4 Å². The highest BCUT2D eigenvalue weighted by Gasteiger charge is 2.28. The molecule has 0 amide bonds. The van der Waals surface area contributed by atoms with E-state index in [9.17, 15) is 18.3 Å². The summed E-state index contributed by atoms with van der Waals surface area (Å²) < 4.78 is 43.5. The number of alkyl halides is 3. The lowest BCUT2D eigenvalue weighted by Gasteiger charge is -2.10. The van der Waals surface area contributed by atoms with Gasteiger partial charge in [-0.3, -0.25) is 4.74 Å². The number of ether oxygens (including phenoxy) is 2. The molecule has 0 aliphatic carbocycles. The van der Waals surface area contributed by atoms with Crippen LogP contribution < -0.4 is 4.74 Å². The lowest BCUT2D eigenvalue weighted by molar-refractivity contribution is -0.325. The fourth-order valence-corrected chi connectivity index (χ4v) is 1.18. The number of benzene rings is 1. The molecule has 0 saturated carbocycles. The molecular formula is C11H13F3O3. The number of aliphatic hydroxyl groups is 1. The van der Waals surface area contributed by atoms with Crippen LogP contribution in [0, 0.1) is 0 Å². The van der Waals surface area contributed by atoms with Crippen LogP contribution in [0.2, 0.25) is 0 Å². The Hall–Kier alpha value is -1.27. The topological polar surface area (TPSA) is 38.7 Å². The average Bonchev–Trinajstić information content (AvgIpc) is 2.23. The van der Waals surface area contributed by atoms with E-state index in [1.54, 1.807) is 31.2 Å². The Morgan fingerprint density at radius 1 is 1.29 bits per heavy atom. The first-order valence-electron chi connectivity index (χ1n) is 5.00. The Morgan fingerprint density at radius 2 is 2.00 bits per heavy atom. The molecule has 0 spiro atoms. The van der Waals surface area contributed by atoms with E-state index in [-0.39, 0.29) is 6.61 Å². The summed E-state index contributed by atoms with van der Waals surface area (Å²) in [5.74, 6) is 0.397. The summed E-state index contributed by atoms with van der Waals surface area (Å²) in [6.45, 7) is 0.817. The number of hydrogen-bond acceptors (Lipinski definition) is 3. The third kappa shape index (κ3) is 5.55. The predicted octanol–water partition coefficient (Wildman–Crippen LogP) is 2.66. The maximum Gasteiger partial charge on any atom is 0.522 e. The van der Waals surface area contributed by atoms with Crippen molar-refractivity contribution in [1.29, 1.82) is 0 Å². The van der Waals surface area contributed by atoms with Crippen LogP contribution in [0.4, 0.5) is 13.2 Å². The smallest absolute Gasteiger partial charge is 0.491 e. The highest BCUT2D eigenvalue weighted by molar-refractivity contribution is 5.29.